The number of hydrogen-bond donors (Lipinski definition) is 0. The van der Waals surface area contributed by atoms with Crippen LogP contribution >= 0.6 is 42.7 Å². The lowest BCUT2D eigenvalue weighted by Crippen LogP contribution is -2.05. The molecule has 12 nitrogen and oxygen atoms in total. The quantitative estimate of drug-likeness (QED) is 0.0892. The molecule has 0 fully saturated rings. The molecule has 0 saturated carbocycles. The van der Waals surface area contributed by atoms with Gasteiger partial charge < -0.3 is 9.47 Å². The number of ether oxygens (including phenoxy) is 2. The molecule has 0 bridgehead atoms. The van der Waals surface area contributed by atoms with Crippen molar-refractivity contribution < 1.29 is 52.7 Å². The van der Waals surface area contributed by atoms with Crippen molar-refractivity contribution in [3.05, 3.63) is 131 Å². The first kappa shape index (κ1) is 39.2. The molecule has 5 aromatic rings. The van der Waals surface area contributed by atoms with Crippen molar-refractivity contribution >= 4 is 90.5 Å². The molecule has 0 aromatic heterocycles. The number of benzene rings is 5. The zero-order valence-corrected chi connectivity index (χ0v) is 31.7. The van der Waals surface area contributed by atoms with Crippen molar-refractivity contribution in [3.63, 3.8) is 0 Å². The molecule has 0 spiro atoms. The van der Waals surface area contributed by atoms with Crippen LogP contribution in [0.2, 0.25) is 0 Å². The van der Waals surface area contributed by atoms with Crippen LogP contribution < -0.4 is 9.47 Å². The Bertz CT molecular complexity index is 2550. The first-order chi connectivity index (χ1) is 24.1. The SMILES string of the molecule is O=C(c1cccc(S(=O)(=O)Cl)c1)c1ccc(Oc2cccc(Oc3ccc(C(=O)c4cccc(S(=O)(=O)Cl)c4)cc3S(=O)(=O)Cl)c2)c(S(=O)(=O)Cl)c1. The summed E-state index contributed by atoms with van der Waals surface area (Å²) in [6, 6.07) is 21.6. The van der Waals surface area contributed by atoms with Crippen LogP contribution in [0.4, 0.5) is 0 Å². The van der Waals surface area contributed by atoms with Gasteiger partial charge in [-0.25, -0.2) is 33.7 Å². The molecule has 270 valence electrons. The maximum atomic E-state index is 13.1. The van der Waals surface area contributed by atoms with Crippen LogP contribution in [0.5, 0.6) is 23.0 Å². The lowest BCUT2D eigenvalue weighted by Gasteiger charge is -2.14. The molecule has 0 aliphatic rings. The van der Waals surface area contributed by atoms with E-state index in [9.17, 15) is 43.3 Å². The lowest BCUT2D eigenvalue weighted by atomic mass is 10.0. The van der Waals surface area contributed by atoms with Gasteiger partial charge in [-0.2, -0.15) is 0 Å². The minimum atomic E-state index is -4.54. The average molecular weight is 865 g/mol. The lowest BCUT2D eigenvalue weighted by molar-refractivity contribution is 0.103. The van der Waals surface area contributed by atoms with E-state index >= 15 is 0 Å². The highest BCUT2D eigenvalue weighted by molar-refractivity contribution is 8.14. The van der Waals surface area contributed by atoms with E-state index in [1.807, 2.05) is 0 Å². The third-order valence-corrected chi connectivity index (χ3v) is 12.3. The second-order valence-electron chi connectivity index (χ2n) is 10.5. The summed E-state index contributed by atoms with van der Waals surface area (Å²) in [6.07, 6.45) is 0. The Hall–Kier alpha value is -4.00. The molecule has 0 aliphatic heterocycles. The van der Waals surface area contributed by atoms with Gasteiger partial charge in [-0.3, -0.25) is 9.59 Å². The van der Waals surface area contributed by atoms with E-state index in [0.29, 0.717) is 0 Å². The molecule has 5 aromatic carbocycles. The summed E-state index contributed by atoms with van der Waals surface area (Å²) in [6.45, 7) is 0. The average Bonchev–Trinajstić information content (AvgIpc) is 3.06. The van der Waals surface area contributed by atoms with Gasteiger partial charge in [0.05, 0.1) is 9.79 Å². The standard InChI is InChI=1S/C32H18Cl4O12S4/c33-49(39,40)25-8-1-4-19(14-25)31(37)21-10-12-27(29(16-21)51(35,43)44)47-23-6-3-7-24(18-23)48-28-13-11-22(17-30(28)52(36,45)46)32(38)20-5-2-9-26(15-20)50(34,41)42/h1-18H. The molecule has 5 rings (SSSR count). The number of ketones is 2. The van der Waals surface area contributed by atoms with Gasteiger partial charge in [0.25, 0.3) is 36.2 Å². The van der Waals surface area contributed by atoms with Crippen molar-refractivity contribution in [1.29, 1.82) is 0 Å². The number of carbonyl (C=O) groups is 2. The Morgan fingerprint density at radius 1 is 0.404 bits per heavy atom. The number of hydrogen-bond acceptors (Lipinski definition) is 12. The smallest absolute Gasteiger partial charge is 0.265 e. The van der Waals surface area contributed by atoms with Gasteiger partial charge in [0.15, 0.2) is 11.6 Å². The topological polar surface area (TPSA) is 189 Å². The molecule has 0 aliphatic carbocycles. The summed E-state index contributed by atoms with van der Waals surface area (Å²) in [5, 5.41) is 0. The third-order valence-electron chi connectivity index (χ3n) is 6.95. The Morgan fingerprint density at radius 2 is 0.750 bits per heavy atom. The summed E-state index contributed by atoms with van der Waals surface area (Å²) < 4.78 is 109. The molecule has 0 saturated heterocycles. The molecular formula is C32H18Cl4O12S4. The molecule has 0 atom stereocenters. The van der Waals surface area contributed by atoms with E-state index < -0.39 is 57.6 Å². The van der Waals surface area contributed by atoms with Crippen LogP contribution in [0.3, 0.4) is 0 Å². The minimum absolute atomic E-state index is 0.0330. The molecule has 20 heteroatoms. The third kappa shape index (κ3) is 9.31. The van der Waals surface area contributed by atoms with Gasteiger partial charge in [0.2, 0.25) is 0 Å². The Kier molecular flexibility index (Phi) is 11.2. The Labute approximate surface area is 315 Å². The van der Waals surface area contributed by atoms with Crippen LogP contribution in [0.15, 0.2) is 129 Å². The zero-order chi connectivity index (χ0) is 38.2. The van der Waals surface area contributed by atoms with E-state index in [-0.39, 0.29) is 55.0 Å². The fourth-order valence-electron chi connectivity index (χ4n) is 4.61. The summed E-state index contributed by atoms with van der Waals surface area (Å²) >= 11 is 0. The highest BCUT2D eigenvalue weighted by Gasteiger charge is 2.24. The summed E-state index contributed by atoms with van der Waals surface area (Å²) in [5.41, 5.74) is -0.572. The van der Waals surface area contributed by atoms with E-state index in [1.165, 1.54) is 72.8 Å². The van der Waals surface area contributed by atoms with Crippen LogP contribution in [0.25, 0.3) is 0 Å². The van der Waals surface area contributed by atoms with Gasteiger partial charge in [-0.05, 0) is 72.8 Å². The van der Waals surface area contributed by atoms with Gasteiger partial charge in [0, 0.05) is 71.0 Å². The molecule has 0 heterocycles. The Morgan fingerprint density at radius 3 is 1.10 bits per heavy atom. The second kappa shape index (κ2) is 14.8. The van der Waals surface area contributed by atoms with E-state index in [0.717, 1.165) is 36.4 Å². The fraction of sp³-hybridized carbons (Fsp3) is 0. The van der Waals surface area contributed by atoms with Gasteiger partial charge >= 0.3 is 0 Å². The van der Waals surface area contributed by atoms with Crippen LogP contribution in [0.1, 0.15) is 31.8 Å². The van der Waals surface area contributed by atoms with Gasteiger partial charge in [0.1, 0.15) is 32.8 Å². The van der Waals surface area contributed by atoms with E-state index in [1.54, 1.807) is 0 Å². The van der Waals surface area contributed by atoms with Crippen LogP contribution in [0, 0.1) is 0 Å². The van der Waals surface area contributed by atoms with E-state index in [2.05, 4.69) is 0 Å². The Balaban J connectivity index is 1.44. The van der Waals surface area contributed by atoms with Crippen molar-refractivity contribution in [2.24, 2.45) is 0 Å². The van der Waals surface area contributed by atoms with Crippen LogP contribution in [-0.2, 0) is 36.2 Å². The van der Waals surface area contributed by atoms with Crippen molar-refractivity contribution in [3.8, 4) is 23.0 Å². The first-order valence-electron chi connectivity index (χ1n) is 13.9. The maximum absolute atomic E-state index is 13.1. The normalized spacial score (nSPS) is 12.2. The molecule has 0 unspecified atom stereocenters. The predicted octanol–water partition coefficient (Wildman–Crippen LogP) is 7.44. The van der Waals surface area contributed by atoms with Crippen molar-refractivity contribution in [2.75, 3.05) is 0 Å². The molecule has 52 heavy (non-hydrogen) atoms. The first-order valence-corrected chi connectivity index (χ1v) is 23.2. The number of rotatable bonds is 12. The number of carbonyl (C=O) groups excluding carboxylic acids is 2. The maximum Gasteiger partial charge on any atom is 0.265 e. The number of halogens is 4. The summed E-state index contributed by atoms with van der Waals surface area (Å²) in [7, 11) is 4.68. The highest BCUT2D eigenvalue weighted by atomic mass is 35.7. The van der Waals surface area contributed by atoms with E-state index in [4.69, 9.17) is 52.2 Å². The zero-order valence-electron chi connectivity index (χ0n) is 25.4. The molecule has 0 amide bonds. The van der Waals surface area contributed by atoms with Gasteiger partial charge in [-0.1, -0.05) is 30.3 Å². The summed E-state index contributed by atoms with van der Waals surface area (Å²) in [5.74, 6) is -2.21. The second-order valence-corrected chi connectivity index (χ2v) is 20.7. The largest absolute Gasteiger partial charge is 0.456 e. The minimum Gasteiger partial charge on any atom is -0.456 e. The van der Waals surface area contributed by atoms with Crippen molar-refractivity contribution in [2.45, 2.75) is 19.6 Å². The van der Waals surface area contributed by atoms with Crippen LogP contribution in [-0.4, -0.2) is 45.2 Å². The predicted molar refractivity (Wildman–Crippen MR) is 191 cm³/mol. The molecular weight excluding hydrogens is 846 g/mol. The molecule has 0 radical (unpaired) electrons. The molecule has 0 N–H and O–H groups in total. The highest BCUT2D eigenvalue weighted by Crippen LogP contribution is 2.37. The fourth-order valence-corrected chi connectivity index (χ4v) is 8.17. The van der Waals surface area contributed by atoms with Gasteiger partial charge in [-0.15, -0.1) is 0 Å². The van der Waals surface area contributed by atoms with Crippen molar-refractivity contribution in [1.82, 2.24) is 0 Å². The summed E-state index contributed by atoms with van der Waals surface area (Å²) in [4.78, 5) is 24.4. The monoisotopic (exact) mass is 862 g/mol.